The largest absolute Gasteiger partial charge is 0.300 e. The molecule has 3 atom stereocenters. The Balaban J connectivity index is 0.000000524. The standard InChI is InChI=1S/C24H34O3.C9H12.C3H8/c1-6-8-19(21(7-2)22(26)11-16(4)25)12-18-13-20-10-9-15(3)17(5)24(20)23(27)14-18;1-3-9-6-4-8(2)5-7-9;1-3-2/h9-10,18-19,21H,6-8,11-14H2,1-5H3;4-7H,3H2,1-2H3;3H2,1-2H3. The number of aryl methyl sites for hydroxylation is 3. The summed E-state index contributed by atoms with van der Waals surface area (Å²) in [6.07, 6.45) is 7.59. The van der Waals surface area contributed by atoms with E-state index >= 15 is 0 Å². The number of hydrogen-bond acceptors (Lipinski definition) is 3. The average molecular weight is 535 g/mol. The first-order valence-electron chi connectivity index (χ1n) is 15.2. The van der Waals surface area contributed by atoms with E-state index in [4.69, 9.17) is 0 Å². The molecule has 1 aliphatic rings. The highest BCUT2D eigenvalue weighted by Gasteiger charge is 2.33. The molecule has 0 heterocycles. The minimum absolute atomic E-state index is 0.0453. The first-order chi connectivity index (χ1) is 18.5. The van der Waals surface area contributed by atoms with E-state index in [-0.39, 0.29) is 35.6 Å². The van der Waals surface area contributed by atoms with Crippen LogP contribution in [0.15, 0.2) is 36.4 Å². The van der Waals surface area contributed by atoms with Gasteiger partial charge in [-0.1, -0.05) is 95.8 Å². The van der Waals surface area contributed by atoms with Crippen LogP contribution in [0.25, 0.3) is 0 Å². The summed E-state index contributed by atoms with van der Waals surface area (Å²) in [4.78, 5) is 36.8. The second-order valence-corrected chi connectivity index (χ2v) is 11.4. The van der Waals surface area contributed by atoms with Crippen molar-refractivity contribution in [2.75, 3.05) is 0 Å². The minimum atomic E-state index is -0.0647. The van der Waals surface area contributed by atoms with Crippen LogP contribution >= 0.6 is 0 Å². The fourth-order valence-electron chi connectivity index (χ4n) is 5.65. The molecule has 0 aromatic heterocycles. The molecule has 0 aliphatic heterocycles. The van der Waals surface area contributed by atoms with Crippen molar-refractivity contribution in [3.63, 3.8) is 0 Å². The number of hydrogen-bond donors (Lipinski definition) is 0. The molecule has 216 valence electrons. The van der Waals surface area contributed by atoms with Crippen LogP contribution in [-0.4, -0.2) is 17.3 Å². The first kappa shape index (κ1) is 34.5. The van der Waals surface area contributed by atoms with E-state index in [0.717, 1.165) is 55.2 Å². The van der Waals surface area contributed by atoms with Crippen LogP contribution in [0.2, 0.25) is 0 Å². The van der Waals surface area contributed by atoms with E-state index in [1.807, 2.05) is 13.8 Å². The highest BCUT2D eigenvalue weighted by atomic mass is 16.1. The van der Waals surface area contributed by atoms with Gasteiger partial charge in [0.2, 0.25) is 0 Å². The second kappa shape index (κ2) is 17.9. The molecule has 2 aromatic rings. The predicted octanol–water partition coefficient (Wildman–Crippen LogP) is 9.40. The fourth-order valence-corrected chi connectivity index (χ4v) is 5.65. The third kappa shape index (κ3) is 11.2. The third-order valence-electron chi connectivity index (χ3n) is 7.75. The smallest absolute Gasteiger partial charge is 0.163 e. The maximum Gasteiger partial charge on any atom is 0.163 e. The van der Waals surface area contributed by atoms with Crippen LogP contribution in [-0.2, 0) is 22.4 Å². The van der Waals surface area contributed by atoms with Gasteiger partial charge in [-0.25, -0.2) is 0 Å². The summed E-state index contributed by atoms with van der Waals surface area (Å²) >= 11 is 0. The molecular formula is C36H54O3. The Labute approximate surface area is 239 Å². The van der Waals surface area contributed by atoms with Gasteiger partial charge in [0.1, 0.15) is 11.6 Å². The zero-order chi connectivity index (χ0) is 29.5. The van der Waals surface area contributed by atoms with Gasteiger partial charge >= 0.3 is 0 Å². The number of carbonyl (C=O) groups is 3. The summed E-state index contributed by atoms with van der Waals surface area (Å²) in [5, 5.41) is 0. The predicted molar refractivity (Wildman–Crippen MR) is 166 cm³/mol. The molecule has 0 saturated heterocycles. The van der Waals surface area contributed by atoms with Crippen LogP contribution in [0.4, 0.5) is 0 Å². The molecule has 0 radical (unpaired) electrons. The SMILES string of the molecule is CCC.CCCC(CC1CC(=O)c2c(ccc(C)c2C)C1)C(CC)C(=O)CC(C)=O.CCc1ccc(C)cc1. The van der Waals surface area contributed by atoms with Gasteiger partial charge < -0.3 is 0 Å². The molecule has 0 bridgehead atoms. The lowest BCUT2D eigenvalue weighted by Crippen LogP contribution is -2.29. The second-order valence-electron chi connectivity index (χ2n) is 11.4. The Morgan fingerprint density at radius 3 is 2.03 bits per heavy atom. The maximum absolute atomic E-state index is 12.8. The average Bonchev–Trinajstić information content (AvgIpc) is 2.87. The van der Waals surface area contributed by atoms with Gasteiger partial charge in [0.25, 0.3) is 0 Å². The molecule has 3 heteroatoms. The summed E-state index contributed by atoms with van der Waals surface area (Å²) in [5.41, 5.74) is 7.14. The van der Waals surface area contributed by atoms with Crippen LogP contribution < -0.4 is 0 Å². The van der Waals surface area contributed by atoms with E-state index in [0.29, 0.717) is 12.3 Å². The van der Waals surface area contributed by atoms with Crippen molar-refractivity contribution in [1.82, 2.24) is 0 Å². The Morgan fingerprint density at radius 1 is 0.897 bits per heavy atom. The van der Waals surface area contributed by atoms with Gasteiger partial charge in [0.15, 0.2) is 5.78 Å². The Bertz CT molecular complexity index is 1050. The zero-order valence-electron chi connectivity index (χ0n) is 26.3. The number of benzene rings is 2. The molecule has 0 amide bonds. The molecule has 3 rings (SSSR count). The maximum atomic E-state index is 12.8. The number of fused-ring (bicyclic) bond motifs is 1. The lowest BCUT2D eigenvalue weighted by atomic mass is 9.72. The first-order valence-corrected chi connectivity index (χ1v) is 15.2. The molecule has 0 N–H and O–H groups in total. The van der Waals surface area contributed by atoms with Crippen molar-refractivity contribution >= 4 is 17.3 Å². The van der Waals surface area contributed by atoms with Crippen molar-refractivity contribution in [3.8, 4) is 0 Å². The van der Waals surface area contributed by atoms with Gasteiger partial charge in [-0.2, -0.15) is 0 Å². The lowest BCUT2D eigenvalue weighted by molar-refractivity contribution is -0.129. The molecule has 0 spiro atoms. The van der Waals surface area contributed by atoms with Crippen molar-refractivity contribution in [3.05, 3.63) is 69.8 Å². The minimum Gasteiger partial charge on any atom is -0.300 e. The summed E-state index contributed by atoms with van der Waals surface area (Å²) in [6, 6.07) is 12.9. The number of ketones is 3. The Hall–Kier alpha value is -2.55. The van der Waals surface area contributed by atoms with Gasteiger partial charge in [0, 0.05) is 17.9 Å². The van der Waals surface area contributed by atoms with Gasteiger partial charge in [-0.05, 0) is 87.5 Å². The van der Waals surface area contributed by atoms with Crippen LogP contribution in [0.3, 0.4) is 0 Å². The van der Waals surface area contributed by atoms with Gasteiger partial charge in [-0.15, -0.1) is 0 Å². The highest BCUT2D eigenvalue weighted by Crippen LogP contribution is 2.36. The molecule has 1 aliphatic carbocycles. The molecule has 39 heavy (non-hydrogen) atoms. The van der Waals surface area contributed by atoms with E-state index in [1.165, 1.54) is 30.0 Å². The van der Waals surface area contributed by atoms with Crippen molar-refractivity contribution in [2.24, 2.45) is 17.8 Å². The monoisotopic (exact) mass is 534 g/mol. The molecular weight excluding hydrogens is 480 g/mol. The molecule has 3 unspecified atom stereocenters. The molecule has 2 aromatic carbocycles. The Kier molecular flexibility index (Phi) is 15.8. The van der Waals surface area contributed by atoms with E-state index in [2.05, 4.69) is 77.9 Å². The number of carbonyl (C=O) groups excluding carboxylic acids is 3. The van der Waals surface area contributed by atoms with Gasteiger partial charge in [0.05, 0.1) is 6.42 Å². The van der Waals surface area contributed by atoms with Crippen molar-refractivity contribution < 1.29 is 14.4 Å². The molecule has 0 fully saturated rings. The summed E-state index contributed by atoms with van der Waals surface area (Å²) in [5.74, 6) is 0.769. The normalized spacial score (nSPS) is 15.6. The van der Waals surface area contributed by atoms with Crippen LogP contribution in [0, 0.1) is 38.5 Å². The summed E-state index contributed by atoms with van der Waals surface area (Å²) in [7, 11) is 0. The topological polar surface area (TPSA) is 51.2 Å². The number of Topliss-reactive ketones (excluding diaryl/α,β-unsaturated/α-hetero) is 3. The Morgan fingerprint density at radius 2 is 1.51 bits per heavy atom. The quantitative estimate of drug-likeness (QED) is 0.285. The summed E-state index contributed by atoms with van der Waals surface area (Å²) in [6.45, 7) is 18.3. The molecule has 3 nitrogen and oxygen atoms in total. The van der Waals surface area contributed by atoms with E-state index < -0.39 is 0 Å². The number of rotatable bonds is 10. The highest BCUT2D eigenvalue weighted by molar-refractivity contribution is 6.00. The zero-order valence-corrected chi connectivity index (χ0v) is 26.3. The van der Waals surface area contributed by atoms with E-state index in [1.54, 1.807) is 0 Å². The third-order valence-corrected chi connectivity index (χ3v) is 7.75. The van der Waals surface area contributed by atoms with Crippen LogP contribution in [0.1, 0.15) is 125 Å². The van der Waals surface area contributed by atoms with Crippen molar-refractivity contribution in [2.45, 2.75) is 120 Å². The summed E-state index contributed by atoms with van der Waals surface area (Å²) < 4.78 is 0. The van der Waals surface area contributed by atoms with E-state index in [9.17, 15) is 14.4 Å². The fraction of sp³-hybridized carbons (Fsp3) is 0.583. The van der Waals surface area contributed by atoms with Gasteiger partial charge in [-0.3, -0.25) is 14.4 Å². The molecule has 0 saturated carbocycles. The van der Waals surface area contributed by atoms with Crippen LogP contribution in [0.5, 0.6) is 0 Å². The lowest BCUT2D eigenvalue weighted by Gasteiger charge is -2.32. The van der Waals surface area contributed by atoms with Crippen molar-refractivity contribution in [1.29, 1.82) is 0 Å².